The van der Waals surface area contributed by atoms with Crippen LogP contribution in [0, 0.1) is 23.0 Å². The molecule has 27 heavy (non-hydrogen) atoms. The van der Waals surface area contributed by atoms with Gasteiger partial charge in [-0.25, -0.2) is 18.7 Å². The van der Waals surface area contributed by atoms with Gasteiger partial charge in [0.1, 0.15) is 17.7 Å². The maximum Gasteiger partial charge on any atom is 0.183 e. The Bertz CT molecular complexity index is 1210. The number of halogens is 2. The maximum atomic E-state index is 13.7. The van der Waals surface area contributed by atoms with Crippen LogP contribution in [0.2, 0.25) is 0 Å². The molecule has 0 saturated heterocycles. The first-order chi connectivity index (χ1) is 13.0. The number of nitrogen functional groups attached to an aromatic ring is 1. The normalized spacial score (nSPS) is 10.7. The summed E-state index contributed by atoms with van der Waals surface area (Å²) in [6.07, 6.45) is 1.68. The van der Waals surface area contributed by atoms with Gasteiger partial charge in [-0.15, -0.1) is 0 Å². The first kappa shape index (κ1) is 16.5. The van der Waals surface area contributed by atoms with Crippen LogP contribution in [0.3, 0.4) is 0 Å². The molecule has 0 bridgehead atoms. The third kappa shape index (κ3) is 3.04. The lowest BCUT2D eigenvalue weighted by molar-refractivity contribution is 0.584. The number of nitriles is 1. The van der Waals surface area contributed by atoms with E-state index in [-0.39, 0.29) is 22.8 Å². The minimum absolute atomic E-state index is 0.0584. The van der Waals surface area contributed by atoms with Crippen LogP contribution in [0.4, 0.5) is 14.6 Å². The molecule has 0 saturated carbocycles. The predicted octanol–water partition coefficient (Wildman–Crippen LogP) is 4.09. The fraction of sp³-hybridized carbons (Fsp3) is 0. The highest BCUT2D eigenvalue weighted by Gasteiger charge is 2.17. The fourth-order valence-electron chi connectivity index (χ4n) is 2.85. The van der Waals surface area contributed by atoms with E-state index in [2.05, 4.69) is 15.0 Å². The Morgan fingerprint density at radius 3 is 2.37 bits per heavy atom. The summed E-state index contributed by atoms with van der Waals surface area (Å²) >= 11 is 0. The highest BCUT2D eigenvalue weighted by Crippen LogP contribution is 2.32. The van der Waals surface area contributed by atoms with Crippen molar-refractivity contribution >= 4 is 16.7 Å². The van der Waals surface area contributed by atoms with E-state index in [1.165, 1.54) is 0 Å². The summed E-state index contributed by atoms with van der Waals surface area (Å²) in [4.78, 5) is 12.7. The van der Waals surface area contributed by atoms with Crippen molar-refractivity contribution in [3.63, 3.8) is 0 Å². The number of aromatic nitrogens is 3. The van der Waals surface area contributed by atoms with Crippen molar-refractivity contribution in [2.75, 3.05) is 5.73 Å². The fourth-order valence-corrected chi connectivity index (χ4v) is 2.85. The molecule has 0 aliphatic heterocycles. The second-order valence-electron chi connectivity index (χ2n) is 5.84. The van der Waals surface area contributed by atoms with Crippen molar-refractivity contribution in [2.45, 2.75) is 0 Å². The summed E-state index contributed by atoms with van der Waals surface area (Å²) in [7, 11) is 0. The molecule has 2 aromatic carbocycles. The van der Waals surface area contributed by atoms with Crippen LogP contribution in [0.5, 0.6) is 0 Å². The molecule has 4 rings (SSSR count). The molecule has 5 nitrogen and oxygen atoms in total. The molecule has 0 atom stereocenters. The van der Waals surface area contributed by atoms with E-state index in [4.69, 9.17) is 5.73 Å². The largest absolute Gasteiger partial charge is 0.381 e. The monoisotopic (exact) mass is 359 g/mol. The molecule has 130 valence electrons. The number of hydrogen-bond donors (Lipinski definition) is 1. The molecule has 7 heteroatoms. The number of nitrogens with two attached hydrogens (primary N) is 1. The minimum atomic E-state index is -0.747. The van der Waals surface area contributed by atoms with Gasteiger partial charge in [-0.3, -0.25) is 4.98 Å². The molecule has 0 unspecified atom stereocenters. The Balaban J connectivity index is 2.01. The van der Waals surface area contributed by atoms with Gasteiger partial charge in [-0.05, 0) is 30.3 Å². The van der Waals surface area contributed by atoms with E-state index in [1.807, 2.05) is 18.2 Å². The zero-order valence-electron chi connectivity index (χ0n) is 13.8. The zero-order chi connectivity index (χ0) is 19.0. The molecule has 2 N–H and O–H groups in total. The van der Waals surface area contributed by atoms with Crippen molar-refractivity contribution in [1.82, 2.24) is 15.0 Å². The van der Waals surface area contributed by atoms with Gasteiger partial charge < -0.3 is 5.73 Å². The Labute approximate surface area is 152 Å². The van der Waals surface area contributed by atoms with Gasteiger partial charge in [-0.1, -0.05) is 12.1 Å². The Hall–Kier alpha value is -3.92. The average molecular weight is 359 g/mol. The van der Waals surface area contributed by atoms with E-state index in [9.17, 15) is 14.0 Å². The van der Waals surface area contributed by atoms with Gasteiger partial charge in [0, 0.05) is 28.8 Å². The Morgan fingerprint density at radius 1 is 0.889 bits per heavy atom. The smallest absolute Gasteiger partial charge is 0.183 e. The SMILES string of the molecule is N#Cc1nc(-c2ccc3ncccc3c2)c(-c2cc(F)cc(F)c2)nc1N. The van der Waals surface area contributed by atoms with Crippen LogP contribution >= 0.6 is 0 Å². The van der Waals surface area contributed by atoms with Crippen molar-refractivity contribution in [3.05, 3.63) is 72.1 Å². The summed E-state index contributed by atoms with van der Waals surface area (Å²) in [5.41, 5.74) is 7.80. The van der Waals surface area contributed by atoms with Crippen molar-refractivity contribution < 1.29 is 8.78 Å². The molecule has 0 aliphatic rings. The third-order valence-electron chi connectivity index (χ3n) is 4.04. The highest BCUT2D eigenvalue weighted by molar-refractivity contribution is 5.87. The number of benzene rings is 2. The molecule has 2 aromatic heterocycles. The molecule has 2 heterocycles. The third-order valence-corrected chi connectivity index (χ3v) is 4.04. The van der Waals surface area contributed by atoms with Gasteiger partial charge in [-0.2, -0.15) is 5.26 Å². The van der Waals surface area contributed by atoms with Crippen molar-refractivity contribution in [2.24, 2.45) is 0 Å². The molecule has 0 spiro atoms. The first-order valence-electron chi connectivity index (χ1n) is 7.94. The molecule has 0 amide bonds. The van der Waals surface area contributed by atoms with E-state index in [0.717, 1.165) is 29.1 Å². The van der Waals surface area contributed by atoms with Crippen LogP contribution in [-0.4, -0.2) is 15.0 Å². The van der Waals surface area contributed by atoms with E-state index in [1.54, 1.807) is 24.4 Å². The summed E-state index contributed by atoms with van der Waals surface area (Å²) in [6, 6.07) is 14.0. The van der Waals surface area contributed by atoms with E-state index >= 15 is 0 Å². The van der Waals surface area contributed by atoms with E-state index < -0.39 is 11.6 Å². The molecular weight excluding hydrogens is 348 g/mol. The van der Waals surface area contributed by atoms with Gasteiger partial charge >= 0.3 is 0 Å². The number of anilines is 1. The molecule has 0 radical (unpaired) electrons. The maximum absolute atomic E-state index is 13.7. The molecular formula is C20H11F2N5. The summed E-state index contributed by atoms with van der Waals surface area (Å²) < 4.78 is 27.4. The van der Waals surface area contributed by atoms with Crippen LogP contribution < -0.4 is 5.73 Å². The Kier molecular flexibility index (Phi) is 3.94. The topological polar surface area (TPSA) is 88.5 Å². The van der Waals surface area contributed by atoms with Gasteiger partial charge in [0.15, 0.2) is 11.5 Å². The lowest BCUT2D eigenvalue weighted by Crippen LogP contribution is -2.03. The lowest BCUT2D eigenvalue weighted by Gasteiger charge is -2.11. The van der Waals surface area contributed by atoms with Crippen molar-refractivity contribution in [1.29, 1.82) is 5.26 Å². The minimum Gasteiger partial charge on any atom is -0.381 e. The molecule has 0 aliphatic carbocycles. The number of fused-ring (bicyclic) bond motifs is 1. The first-order valence-corrected chi connectivity index (χ1v) is 7.94. The predicted molar refractivity (Wildman–Crippen MR) is 97.2 cm³/mol. The summed E-state index contributed by atoms with van der Waals surface area (Å²) in [5, 5.41) is 10.1. The number of hydrogen-bond acceptors (Lipinski definition) is 5. The van der Waals surface area contributed by atoms with Gasteiger partial charge in [0.25, 0.3) is 0 Å². The highest BCUT2D eigenvalue weighted by atomic mass is 19.1. The van der Waals surface area contributed by atoms with Gasteiger partial charge in [0.2, 0.25) is 0 Å². The number of rotatable bonds is 2. The Morgan fingerprint density at radius 2 is 1.63 bits per heavy atom. The van der Waals surface area contributed by atoms with Crippen LogP contribution in [0.15, 0.2) is 54.7 Å². The number of pyridine rings is 1. The average Bonchev–Trinajstić information content (AvgIpc) is 2.66. The van der Waals surface area contributed by atoms with Crippen LogP contribution in [-0.2, 0) is 0 Å². The zero-order valence-corrected chi connectivity index (χ0v) is 13.8. The second kappa shape index (κ2) is 6.42. The summed E-state index contributed by atoms with van der Waals surface area (Å²) in [5.74, 6) is -1.60. The van der Waals surface area contributed by atoms with Crippen LogP contribution in [0.1, 0.15) is 5.69 Å². The van der Waals surface area contributed by atoms with Gasteiger partial charge in [0.05, 0.1) is 16.9 Å². The second-order valence-corrected chi connectivity index (χ2v) is 5.84. The number of nitrogens with zero attached hydrogens (tertiary/aromatic N) is 4. The van der Waals surface area contributed by atoms with E-state index in [0.29, 0.717) is 11.3 Å². The lowest BCUT2D eigenvalue weighted by atomic mass is 10.0. The molecule has 0 fully saturated rings. The van der Waals surface area contributed by atoms with Crippen LogP contribution in [0.25, 0.3) is 33.4 Å². The van der Waals surface area contributed by atoms with Crippen molar-refractivity contribution in [3.8, 4) is 28.6 Å². The molecule has 4 aromatic rings. The summed E-state index contributed by atoms with van der Waals surface area (Å²) in [6.45, 7) is 0. The standard InChI is InChI=1S/C20H11F2N5/c21-14-7-13(8-15(22)9-14)19-18(26-17(10-23)20(24)27-19)12-3-4-16-11(6-12)2-1-5-25-16/h1-9H,(H2,24,27). The quantitative estimate of drug-likeness (QED) is 0.582.